The number of nitrogen functional groups attached to an aromatic ring is 1. The van der Waals surface area contributed by atoms with Crippen LogP contribution in [-0.4, -0.2) is 9.97 Å². The van der Waals surface area contributed by atoms with Gasteiger partial charge in [-0.15, -0.1) is 11.3 Å². The van der Waals surface area contributed by atoms with Gasteiger partial charge in [-0.1, -0.05) is 0 Å². The first-order valence-corrected chi connectivity index (χ1v) is 4.77. The minimum atomic E-state index is 0.547. The summed E-state index contributed by atoms with van der Waals surface area (Å²) >= 11 is 1.62. The van der Waals surface area contributed by atoms with Crippen molar-refractivity contribution in [2.75, 3.05) is 5.73 Å². The van der Waals surface area contributed by atoms with E-state index in [1.165, 1.54) is 0 Å². The molecule has 2 heterocycles. The van der Waals surface area contributed by atoms with Crippen LogP contribution in [0.1, 0.15) is 5.69 Å². The third kappa shape index (κ3) is 1.53. The second kappa shape index (κ2) is 3.14. The van der Waals surface area contributed by atoms with Gasteiger partial charge in [0.1, 0.15) is 5.82 Å². The van der Waals surface area contributed by atoms with Crippen LogP contribution >= 0.6 is 11.3 Å². The van der Waals surface area contributed by atoms with Crippen molar-refractivity contribution in [3.05, 3.63) is 29.5 Å². The molecule has 2 aromatic heterocycles. The molecule has 0 aliphatic carbocycles. The van der Waals surface area contributed by atoms with E-state index in [0.717, 1.165) is 16.1 Å². The molecule has 0 unspecified atom stereocenters. The van der Waals surface area contributed by atoms with Crippen LogP contribution in [0.3, 0.4) is 0 Å². The lowest BCUT2D eigenvalue weighted by atomic mass is 10.2. The highest BCUT2D eigenvalue weighted by Crippen LogP contribution is 2.26. The lowest BCUT2D eigenvalue weighted by Crippen LogP contribution is -1.88. The summed E-state index contributed by atoms with van der Waals surface area (Å²) in [5, 5.41) is 0. The van der Waals surface area contributed by atoms with E-state index in [0.29, 0.717) is 5.82 Å². The van der Waals surface area contributed by atoms with E-state index in [2.05, 4.69) is 9.97 Å². The van der Waals surface area contributed by atoms with Gasteiger partial charge in [-0.05, 0) is 19.1 Å². The van der Waals surface area contributed by atoms with Gasteiger partial charge in [0.05, 0.1) is 16.1 Å². The summed E-state index contributed by atoms with van der Waals surface area (Å²) in [6.07, 6.45) is 1.77. The SMILES string of the molecule is Cc1ncsc1-c1ccc(N)nc1. The summed E-state index contributed by atoms with van der Waals surface area (Å²) in [6.45, 7) is 1.99. The Labute approximate surface area is 80.3 Å². The summed E-state index contributed by atoms with van der Waals surface area (Å²) in [4.78, 5) is 9.37. The highest BCUT2D eigenvalue weighted by molar-refractivity contribution is 7.13. The van der Waals surface area contributed by atoms with E-state index in [4.69, 9.17) is 5.73 Å². The van der Waals surface area contributed by atoms with Crippen LogP contribution in [0.2, 0.25) is 0 Å². The van der Waals surface area contributed by atoms with Gasteiger partial charge in [-0.3, -0.25) is 0 Å². The number of aromatic nitrogens is 2. The Kier molecular flexibility index (Phi) is 1.98. The molecule has 0 saturated carbocycles. The van der Waals surface area contributed by atoms with Crippen molar-refractivity contribution < 1.29 is 0 Å². The predicted molar refractivity (Wildman–Crippen MR) is 54.5 cm³/mol. The van der Waals surface area contributed by atoms with Crippen LogP contribution in [0.25, 0.3) is 10.4 Å². The molecule has 0 amide bonds. The zero-order valence-corrected chi connectivity index (χ0v) is 8.01. The molecule has 2 aromatic rings. The van der Waals surface area contributed by atoms with Crippen LogP contribution in [0.15, 0.2) is 23.8 Å². The smallest absolute Gasteiger partial charge is 0.123 e. The molecule has 66 valence electrons. The average molecular weight is 191 g/mol. The average Bonchev–Trinajstić information content (AvgIpc) is 2.53. The first kappa shape index (κ1) is 8.19. The summed E-state index contributed by atoms with van der Waals surface area (Å²) in [5.74, 6) is 0.547. The molecule has 2 rings (SSSR count). The Bertz CT molecular complexity index is 405. The van der Waals surface area contributed by atoms with E-state index in [-0.39, 0.29) is 0 Å². The normalized spacial score (nSPS) is 10.2. The van der Waals surface area contributed by atoms with Gasteiger partial charge < -0.3 is 5.73 Å². The summed E-state index contributed by atoms with van der Waals surface area (Å²) < 4.78 is 0. The van der Waals surface area contributed by atoms with Gasteiger partial charge in [-0.2, -0.15) is 0 Å². The number of nitrogens with zero attached hydrogens (tertiary/aromatic N) is 2. The zero-order valence-electron chi connectivity index (χ0n) is 7.19. The predicted octanol–water partition coefficient (Wildman–Crippen LogP) is 2.10. The quantitative estimate of drug-likeness (QED) is 0.751. The number of rotatable bonds is 1. The molecule has 13 heavy (non-hydrogen) atoms. The molecule has 0 aromatic carbocycles. The van der Waals surface area contributed by atoms with Crippen molar-refractivity contribution in [3.63, 3.8) is 0 Å². The van der Waals surface area contributed by atoms with Gasteiger partial charge >= 0.3 is 0 Å². The molecule has 0 fully saturated rings. The molecule has 0 aliphatic heterocycles. The van der Waals surface area contributed by atoms with Gasteiger partial charge in [0.25, 0.3) is 0 Å². The summed E-state index contributed by atoms with van der Waals surface area (Å²) in [6, 6.07) is 3.76. The maximum absolute atomic E-state index is 5.49. The molecular weight excluding hydrogens is 182 g/mol. The second-order valence-corrected chi connectivity index (χ2v) is 3.59. The molecule has 0 spiro atoms. The largest absolute Gasteiger partial charge is 0.384 e. The highest BCUT2D eigenvalue weighted by atomic mass is 32.1. The number of hydrogen-bond acceptors (Lipinski definition) is 4. The third-order valence-electron chi connectivity index (χ3n) is 1.79. The molecule has 0 saturated heterocycles. The number of aryl methyl sites for hydroxylation is 1. The summed E-state index contributed by atoms with van der Waals surface area (Å²) in [7, 11) is 0. The fourth-order valence-corrected chi connectivity index (χ4v) is 1.91. The Morgan fingerprint density at radius 2 is 2.15 bits per heavy atom. The van der Waals surface area contributed by atoms with Gasteiger partial charge in [-0.25, -0.2) is 9.97 Å². The Balaban J connectivity index is 2.47. The van der Waals surface area contributed by atoms with Crippen LogP contribution in [0, 0.1) is 6.92 Å². The monoisotopic (exact) mass is 191 g/mol. The van der Waals surface area contributed by atoms with E-state index < -0.39 is 0 Å². The molecule has 4 heteroatoms. The molecule has 0 atom stereocenters. The van der Waals surface area contributed by atoms with Crippen LogP contribution in [0.5, 0.6) is 0 Å². The van der Waals surface area contributed by atoms with Gasteiger partial charge in [0, 0.05) is 11.8 Å². The number of hydrogen-bond donors (Lipinski definition) is 1. The van der Waals surface area contributed by atoms with Crippen molar-refractivity contribution in [2.24, 2.45) is 0 Å². The van der Waals surface area contributed by atoms with Crippen molar-refractivity contribution in [1.82, 2.24) is 9.97 Å². The topological polar surface area (TPSA) is 51.8 Å². The molecule has 0 radical (unpaired) electrons. The van der Waals surface area contributed by atoms with Crippen molar-refractivity contribution in [2.45, 2.75) is 6.92 Å². The fourth-order valence-electron chi connectivity index (χ4n) is 1.12. The van der Waals surface area contributed by atoms with Crippen molar-refractivity contribution >= 4 is 17.2 Å². The third-order valence-corrected chi connectivity index (χ3v) is 2.77. The maximum Gasteiger partial charge on any atom is 0.123 e. The summed E-state index contributed by atoms with van der Waals surface area (Å²) in [5.41, 5.74) is 9.45. The Morgan fingerprint density at radius 3 is 2.69 bits per heavy atom. The van der Waals surface area contributed by atoms with Crippen molar-refractivity contribution in [1.29, 1.82) is 0 Å². The van der Waals surface area contributed by atoms with Crippen LogP contribution < -0.4 is 5.73 Å². The zero-order chi connectivity index (χ0) is 9.26. The first-order valence-electron chi connectivity index (χ1n) is 3.89. The van der Waals surface area contributed by atoms with Gasteiger partial charge in [0.15, 0.2) is 0 Å². The molecule has 0 bridgehead atoms. The fraction of sp³-hybridized carbons (Fsp3) is 0.111. The lowest BCUT2D eigenvalue weighted by molar-refractivity contribution is 1.26. The number of anilines is 1. The minimum Gasteiger partial charge on any atom is -0.384 e. The highest BCUT2D eigenvalue weighted by Gasteiger charge is 2.03. The lowest BCUT2D eigenvalue weighted by Gasteiger charge is -1.97. The number of thiazole rings is 1. The first-order chi connectivity index (χ1) is 6.27. The molecular formula is C9H9N3S. The van der Waals surface area contributed by atoms with E-state index in [1.54, 1.807) is 23.6 Å². The van der Waals surface area contributed by atoms with Crippen LogP contribution in [-0.2, 0) is 0 Å². The van der Waals surface area contributed by atoms with E-state index in [9.17, 15) is 0 Å². The Hall–Kier alpha value is -1.42. The molecule has 3 nitrogen and oxygen atoms in total. The second-order valence-electron chi connectivity index (χ2n) is 2.74. The van der Waals surface area contributed by atoms with Crippen molar-refractivity contribution in [3.8, 4) is 10.4 Å². The Morgan fingerprint density at radius 1 is 1.31 bits per heavy atom. The van der Waals surface area contributed by atoms with E-state index >= 15 is 0 Å². The van der Waals surface area contributed by atoms with Crippen LogP contribution in [0.4, 0.5) is 5.82 Å². The number of nitrogens with two attached hydrogens (primary N) is 1. The van der Waals surface area contributed by atoms with E-state index in [1.807, 2.05) is 18.5 Å². The minimum absolute atomic E-state index is 0.547. The van der Waals surface area contributed by atoms with Gasteiger partial charge in [0.2, 0.25) is 0 Å². The molecule has 0 aliphatic rings. The standard InChI is InChI=1S/C9H9N3S/c1-6-9(13-5-12-6)7-2-3-8(10)11-4-7/h2-5H,1H3,(H2,10,11). The number of pyridine rings is 1. The molecule has 2 N–H and O–H groups in total. The maximum atomic E-state index is 5.49.